The number of hydrogen-bond donors (Lipinski definition) is 1. The third kappa shape index (κ3) is 3.95. The molecule has 1 saturated heterocycles. The molecule has 0 aromatic heterocycles. The lowest BCUT2D eigenvalue weighted by Crippen LogP contribution is -2.45. The second kappa shape index (κ2) is 8.04. The Morgan fingerprint density at radius 1 is 1.24 bits per heavy atom. The molecule has 29 heavy (non-hydrogen) atoms. The highest BCUT2D eigenvalue weighted by molar-refractivity contribution is 7.89. The second-order valence-electron chi connectivity index (χ2n) is 6.78. The van der Waals surface area contributed by atoms with Crippen LogP contribution in [0.4, 0.5) is 5.69 Å². The van der Waals surface area contributed by atoms with E-state index in [1.165, 1.54) is 25.3 Å². The number of ether oxygens (including phenoxy) is 1. The minimum absolute atomic E-state index is 0.0268. The van der Waals surface area contributed by atoms with Crippen molar-refractivity contribution in [2.75, 3.05) is 12.4 Å². The van der Waals surface area contributed by atoms with E-state index in [1.807, 2.05) is 0 Å². The first-order valence-electron chi connectivity index (χ1n) is 8.94. The smallest absolute Gasteiger partial charge is 0.267 e. The van der Waals surface area contributed by atoms with E-state index < -0.39 is 27.9 Å². The van der Waals surface area contributed by atoms with Crippen LogP contribution < -0.4 is 10.1 Å². The van der Waals surface area contributed by atoms with Crippen molar-refractivity contribution in [2.24, 2.45) is 0 Å². The maximum absolute atomic E-state index is 13.1. The van der Waals surface area contributed by atoms with Crippen LogP contribution in [0.3, 0.4) is 0 Å². The summed E-state index contributed by atoms with van der Waals surface area (Å²) in [5.74, 6) is -0.654. The molecule has 1 heterocycles. The number of benzene rings is 2. The number of halogens is 1. The molecule has 2 aromatic carbocycles. The average molecular weight is 437 g/mol. The van der Waals surface area contributed by atoms with Crippen LogP contribution in [0.1, 0.15) is 24.0 Å². The fraction of sp³-hybridized carbons (Fsp3) is 0.300. The van der Waals surface area contributed by atoms with E-state index >= 15 is 0 Å². The summed E-state index contributed by atoms with van der Waals surface area (Å²) in [6.07, 6.45) is 0.0830. The average Bonchev–Trinajstić information content (AvgIpc) is 3.07. The third-order valence-corrected chi connectivity index (χ3v) is 7.15. The number of sulfonamides is 1. The minimum atomic E-state index is -4.20. The first kappa shape index (κ1) is 21.1. The van der Waals surface area contributed by atoms with Gasteiger partial charge < -0.3 is 10.1 Å². The van der Waals surface area contributed by atoms with Crippen molar-refractivity contribution in [1.29, 1.82) is 0 Å². The molecule has 0 spiro atoms. The molecule has 7 nitrogen and oxygen atoms in total. The summed E-state index contributed by atoms with van der Waals surface area (Å²) < 4.78 is 32.1. The molecule has 1 aliphatic rings. The van der Waals surface area contributed by atoms with Crippen molar-refractivity contribution in [3.63, 3.8) is 0 Å². The summed E-state index contributed by atoms with van der Waals surface area (Å²) in [6, 6.07) is 8.22. The van der Waals surface area contributed by atoms with Gasteiger partial charge in [-0.25, -0.2) is 12.7 Å². The first-order valence-corrected chi connectivity index (χ1v) is 10.8. The van der Waals surface area contributed by atoms with E-state index in [9.17, 15) is 18.0 Å². The van der Waals surface area contributed by atoms with Gasteiger partial charge in [-0.1, -0.05) is 17.7 Å². The lowest BCUT2D eigenvalue weighted by atomic mass is 10.1. The lowest BCUT2D eigenvalue weighted by molar-refractivity contribution is -0.128. The second-order valence-corrected chi connectivity index (χ2v) is 9.00. The number of nitrogens with one attached hydrogen (secondary N) is 1. The fourth-order valence-electron chi connectivity index (χ4n) is 3.28. The molecule has 3 rings (SSSR count). The van der Waals surface area contributed by atoms with Crippen LogP contribution >= 0.6 is 11.6 Å². The van der Waals surface area contributed by atoms with Gasteiger partial charge in [0, 0.05) is 17.1 Å². The van der Waals surface area contributed by atoms with Crippen molar-refractivity contribution < 1.29 is 22.7 Å². The van der Waals surface area contributed by atoms with Gasteiger partial charge in [-0.05, 0) is 61.7 Å². The van der Waals surface area contributed by atoms with Gasteiger partial charge in [0.15, 0.2) is 0 Å². The molecule has 154 valence electrons. The highest BCUT2D eigenvalue weighted by atomic mass is 35.5. The van der Waals surface area contributed by atoms with Crippen molar-refractivity contribution in [1.82, 2.24) is 4.31 Å². The zero-order valence-electron chi connectivity index (χ0n) is 16.2. The molecule has 1 aliphatic heterocycles. The largest absolute Gasteiger partial charge is 0.496 e. The van der Waals surface area contributed by atoms with Crippen molar-refractivity contribution in [3.8, 4) is 5.75 Å². The van der Waals surface area contributed by atoms with Crippen LogP contribution in [0.25, 0.3) is 0 Å². The highest BCUT2D eigenvalue weighted by Crippen LogP contribution is 2.31. The SMILES string of the molecule is COc1ccc(S(=O)(=O)N2C(=O)CC[C@H]2C(=O)Nc2cccc(Cl)c2C)cc1C. The number of methoxy groups -OCH3 is 1. The van der Waals surface area contributed by atoms with Crippen molar-refractivity contribution in [2.45, 2.75) is 37.6 Å². The van der Waals surface area contributed by atoms with Crippen LogP contribution in [0.2, 0.25) is 5.02 Å². The molecule has 0 bridgehead atoms. The van der Waals surface area contributed by atoms with E-state index in [2.05, 4.69) is 5.32 Å². The standard InChI is InChI=1S/C20H21ClN2O5S/c1-12-11-14(7-9-18(12)28-3)29(26,27)23-17(8-10-19(23)24)20(25)22-16-6-4-5-15(21)13(16)2/h4-7,9,11,17H,8,10H2,1-3H3,(H,22,25)/t17-/m0/s1. The number of carbonyl (C=O) groups is 2. The van der Waals surface area contributed by atoms with Gasteiger partial charge in [0.2, 0.25) is 11.8 Å². The number of anilines is 1. The molecule has 1 fully saturated rings. The molecule has 0 unspecified atom stereocenters. The van der Waals surface area contributed by atoms with E-state index in [0.29, 0.717) is 31.9 Å². The maximum Gasteiger partial charge on any atom is 0.267 e. The van der Waals surface area contributed by atoms with Crippen LogP contribution in [0, 0.1) is 13.8 Å². The molecule has 1 N–H and O–H groups in total. The van der Waals surface area contributed by atoms with E-state index in [4.69, 9.17) is 16.3 Å². The number of carbonyl (C=O) groups excluding carboxylic acids is 2. The quantitative estimate of drug-likeness (QED) is 0.776. The summed E-state index contributed by atoms with van der Waals surface area (Å²) in [5.41, 5.74) is 1.74. The molecule has 0 radical (unpaired) electrons. The number of nitrogens with zero attached hydrogens (tertiary/aromatic N) is 1. The highest BCUT2D eigenvalue weighted by Gasteiger charge is 2.44. The Kier molecular flexibility index (Phi) is 5.86. The number of amides is 2. The maximum atomic E-state index is 13.1. The van der Waals surface area contributed by atoms with Gasteiger partial charge in [0.05, 0.1) is 12.0 Å². The van der Waals surface area contributed by atoms with Gasteiger partial charge >= 0.3 is 0 Å². The van der Waals surface area contributed by atoms with Crippen LogP contribution in [-0.4, -0.2) is 37.7 Å². The molecule has 9 heteroatoms. The molecule has 0 saturated carbocycles. The molecule has 2 amide bonds. The first-order chi connectivity index (χ1) is 13.7. The molecule has 1 atom stereocenters. The Morgan fingerprint density at radius 3 is 2.62 bits per heavy atom. The predicted octanol–water partition coefficient (Wildman–Crippen LogP) is 3.28. The Labute approximate surface area is 174 Å². The van der Waals surface area contributed by atoms with E-state index in [1.54, 1.807) is 32.0 Å². The van der Waals surface area contributed by atoms with E-state index in [0.717, 1.165) is 0 Å². The van der Waals surface area contributed by atoms with Gasteiger partial charge in [-0.3, -0.25) is 9.59 Å². The number of rotatable bonds is 5. The van der Waals surface area contributed by atoms with Crippen LogP contribution in [-0.2, 0) is 19.6 Å². The van der Waals surface area contributed by atoms with Gasteiger partial charge in [0.1, 0.15) is 11.8 Å². The zero-order valence-corrected chi connectivity index (χ0v) is 17.8. The Hall–Kier alpha value is -2.58. The monoisotopic (exact) mass is 436 g/mol. The predicted molar refractivity (Wildman–Crippen MR) is 110 cm³/mol. The summed E-state index contributed by atoms with van der Waals surface area (Å²) >= 11 is 6.08. The van der Waals surface area contributed by atoms with E-state index in [-0.39, 0.29) is 17.7 Å². The normalized spacial score (nSPS) is 16.8. The number of hydrogen-bond acceptors (Lipinski definition) is 5. The third-order valence-electron chi connectivity index (χ3n) is 4.91. The molecular weight excluding hydrogens is 416 g/mol. The number of aryl methyl sites for hydroxylation is 1. The zero-order chi connectivity index (χ0) is 21.3. The summed E-state index contributed by atoms with van der Waals surface area (Å²) in [7, 11) is -2.71. The Balaban J connectivity index is 1.92. The topological polar surface area (TPSA) is 92.8 Å². The van der Waals surface area contributed by atoms with Crippen LogP contribution in [0.5, 0.6) is 5.75 Å². The summed E-state index contributed by atoms with van der Waals surface area (Å²) in [5, 5.41) is 3.17. The summed E-state index contributed by atoms with van der Waals surface area (Å²) in [6.45, 7) is 3.45. The van der Waals surface area contributed by atoms with Gasteiger partial charge in [-0.2, -0.15) is 0 Å². The Bertz CT molecular complexity index is 1080. The van der Waals surface area contributed by atoms with Crippen LogP contribution in [0.15, 0.2) is 41.3 Å². The Morgan fingerprint density at radius 2 is 1.97 bits per heavy atom. The molecular formula is C20H21ClN2O5S. The van der Waals surface area contributed by atoms with Crippen molar-refractivity contribution >= 4 is 39.1 Å². The molecule has 2 aromatic rings. The van der Waals surface area contributed by atoms with Gasteiger partial charge in [-0.15, -0.1) is 0 Å². The summed E-state index contributed by atoms with van der Waals surface area (Å²) in [4.78, 5) is 25.2. The van der Waals surface area contributed by atoms with Gasteiger partial charge in [0.25, 0.3) is 10.0 Å². The minimum Gasteiger partial charge on any atom is -0.496 e. The fourth-order valence-corrected chi connectivity index (χ4v) is 5.15. The van der Waals surface area contributed by atoms with Crippen molar-refractivity contribution in [3.05, 3.63) is 52.5 Å². The molecule has 0 aliphatic carbocycles. The lowest BCUT2D eigenvalue weighted by Gasteiger charge is -2.24.